The van der Waals surface area contributed by atoms with E-state index in [1.165, 1.54) is 5.69 Å². The lowest BCUT2D eigenvalue weighted by Gasteiger charge is -2.42. The molecule has 1 saturated heterocycles. The van der Waals surface area contributed by atoms with Crippen molar-refractivity contribution >= 4 is 11.6 Å². The Bertz CT molecular complexity index is 720. The minimum Gasteiger partial charge on any atom is -0.372 e. The van der Waals surface area contributed by atoms with Crippen LogP contribution in [0, 0.1) is 0 Å². The van der Waals surface area contributed by atoms with Gasteiger partial charge in [0.05, 0.1) is 6.61 Å². The molecule has 1 unspecified atom stereocenters. The minimum atomic E-state index is 0.0430. The van der Waals surface area contributed by atoms with Gasteiger partial charge in [-0.2, -0.15) is 0 Å². The fourth-order valence-electron chi connectivity index (χ4n) is 3.69. The van der Waals surface area contributed by atoms with E-state index >= 15 is 0 Å². The second-order valence-electron chi connectivity index (χ2n) is 6.63. The van der Waals surface area contributed by atoms with Gasteiger partial charge >= 0.3 is 0 Å². The van der Waals surface area contributed by atoms with Gasteiger partial charge in [0.1, 0.15) is 18.1 Å². The summed E-state index contributed by atoms with van der Waals surface area (Å²) in [5.41, 5.74) is 1.77. The number of ether oxygens (including phenoxy) is 1. The number of para-hydroxylation sites is 1. The van der Waals surface area contributed by atoms with Gasteiger partial charge in [0, 0.05) is 44.1 Å². The van der Waals surface area contributed by atoms with Crippen LogP contribution in [0.25, 0.3) is 0 Å². The average Bonchev–Trinajstić information content (AvgIpc) is 3.12. The number of benzene rings is 1. The number of anilines is 1. The van der Waals surface area contributed by atoms with Gasteiger partial charge in [-0.3, -0.25) is 4.79 Å². The van der Waals surface area contributed by atoms with Crippen molar-refractivity contribution in [1.82, 2.24) is 14.5 Å². The van der Waals surface area contributed by atoms with E-state index in [9.17, 15) is 4.79 Å². The van der Waals surface area contributed by atoms with E-state index in [4.69, 9.17) is 4.74 Å². The molecule has 6 heteroatoms. The van der Waals surface area contributed by atoms with E-state index in [1.54, 1.807) is 0 Å². The molecule has 1 atom stereocenters. The normalized spacial score (nSPS) is 20.4. The molecule has 0 spiro atoms. The Kier molecular flexibility index (Phi) is 4.44. The smallest absolute Gasteiger partial charge is 0.274 e. The Hall–Kier alpha value is -2.34. The molecule has 3 heterocycles. The summed E-state index contributed by atoms with van der Waals surface area (Å²) in [6, 6.07) is 10.6. The molecule has 132 valence electrons. The standard InChI is InChI=1S/C19H24N4O2/c1-2-15-12-21(16-6-4-3-5-7-16)8-9-23(15)19(24)17-13-22-10-11-25-14-18(22)20-17/h3-7,13,15H,2,8-12,14H2,1H3. The van der Waals surface area contributed by atoms with Crippen molar-refractivity contribution in [3.05, 3.63) is 48.0 Å². The summed E-state index contributed by atoms with van der Waals surface area (Å²) in [5.74, 6) is 0.895. The van der Waals surface area contributed by atoms with E-state index in [0.717, 1.165) is 38.4 Å². The number of aromatic nitrogens is 2. The number of imidazole rings is 1. The van der Waals surface area contributed by atoms with Crippen LogP contribution in [0.3, 0.4) is 0 Å². The van der Waals surface area contributed by atoms with E-state index in [2.05, 4.69) is 41.1 Å². The molecule has 2 aliphatic rings. The van der Waals surface area contributed by atoms with Crippen molar-refractivity contribution in [2.24, 2.45) is 0 Å². The van der Waals surface area contributed by atoms with Crippen LogP contribution in [-0.4, -0.2) is 52.6 Å². The first-order valence-corrected chi connectivity index (χ1v) is 9.01. The molecule has 0 saturated carbocycles. The summed E-state index contributed by atoms with van der Waals surface area (Å²) in [7, 11) is 0. The van der Waals surface area contributed by atoms with Crippen LogP contribution < -0.4 is 4.90 Å². The van der Waals surface area contributed by atoms with Crippen LogP contribution in [0.15, 0.2) is 36.5 Å². The monoisotopic (exact) mass is 340 g/mol. The van der Waals surface area contributed by atoms with E-state index in [1.807, 2.05) is 21.7 Å². The maximum Gasteiger partial charge on any atom is 0.274 e. The Morgan fingerprint density at radius 2 is 2.08 bits per heavy atom. The molecule has 6 nitrogen and oxygen atoms in total. The Morgan fingerprint density at radius 3 is 2.84 bits per heavy atom. The molecule has 0 N–H and O–H groups in total. The number of carbonyl (C=O) groups excluding carboxylic acids is 1. The van der Waals surface area contributed by atoms with Crippen molar-refractivity contribution in [1.29, 1.82) is 0 Å². The number of fused-ring (bicyclic) bond motifs is 1. The highest BCUT2D eigenvalue weighted by Crippen LogP contribution is 2.22. The predicted molar refractivity (Wildman–Crippen MR) is 95.7 cm³/mol. The van der Waals surface area contributed by atoms with Crippen molar-refractivity contribution in [3.63, 3.8) is 0 Å². The highest BCUT2D eigenvalue weighted by Gasteiger charge is 2.31. The zero-order valence-corrected chi connectivity index (χ0v) is 14.6. The van der Waals surface area contributed by atoms with E-state index in [0.29, 0.717) is 18.9 Å². The predicted octanol–water partition coefficient (Wildman–Crippen LogP) is 2.15. The zero-order chi connectivity index (χ0) is 17.2. The Balaban J connectivity index is 1.50. The number of hydrogen-bond donors (Lipinski definition) is 0. The van der Waals surface area contributed by atoms with Gasteiger partial charge in [-0.1, -0.05) is 25.1 Å². The summed E-state index contributed by atoms with van der Waals surface area (Å²) in [6.07, 6.45) is 2.82. The maximum absolute atomic E-state index is 13.0. The fourth-order valence-corrected chi connectivity index (χ4v) is 3.69. The number of nitrogens with zero attached hydrogens (tertiary/aromatic N) is 4. The van der Waals surface area contributed by atoms with Crippen LogP contribution in [0.5, 0.6) is 0 Å². The first-order chi connectivity index (χ1) is 12.3. The van der Waals surface area contributed by atoms with E-state index < -0.39 is 0 Å². The van der Waals surface area contributed by atoms with Crippen LogP contribution in [-0.2, 0) is 17.9 Å². The van der Waals surface area contributed by atoms with Crippen LogP contribution in [0.2, 0.25) is 0 Å². The maximum atomic E-state index is 13.0. The number of amides is 1. The van der Waals surface area contributed by atoms with Gasteiger partial charge in [-0.05, 0) is 18.6 Å². The van der Waals surface area contributed by atoms with Crippen molar-refractivity contribution in [2.45, 2.75) is 32.5 Å². The van der Waals surface area contributed by atoms with Crippen molar-refractivity contribution < 1.29 is 9.53 Å². The minimum absolute atomic E-state index is 0.0430. The highest BCUT2D eigenvalue weighted by molar-refractivity contribution is 5.92. The van der Waals surface area contributed by atoms with Gasteiger partial charge in [0.2, 0.25) is 0 Å². The van der Waals surface area contributed by atoms with Gasteiger partial charge in [-0.15, -0.1) is 0 Å². The number of rotatable bonds is 3. The summed E-state index contributed by atoms with van der Waals surface area (Å²) >= 11 is 0. The molecule has 0 aliphatic carbocycles. The number of piperazine rings is 1. The summed E-state index contributed by atoms with van der Waals surface area (Å²) < 4.78 is 7.46. The van der Waals surface area contributed by atoms with Gasteiger partial charge < -0.3 is 19.1 Å². The van der Waals surface area contributed by atoms with Crippen LogP contribution in [0.4, 0.5) is 5.69 Å². The second-order valence-corrected chi connectivity index (χ2v) is 6.63. The molecule has 1 aromatic heterocycles. The molecular formula is C19H24N4O2. The first kappa shape index (κ1) is 16.1. The van der Waals surface area contributed by atoms with Crippen molar-refractivity contribution in [2.75, 3.05) is 31.1 Å². The third-order valence-electron chi connectivity index (χ3n) is 5.12. The second kappa shape index (κ2) is 6.88. The van der Waals surface area contributed by atoms with Crippen LogP contribution in [0.1, 0.15) is 29.7 Å². The lowest BCUT2D eigenvalue weighted by molar-refractivity contribution is 0.0645. The Morgan fingerprint density at radius 1 is 1.24 bits per heavy atom. The Labute approximate surface area is 148 Å². The average molecular weight is 340 g/mol. The zero-order valence-electron chi connectivity index (χ0n) is 14.6. The molecule has 1 amide bonds. The molecule has 2 aromatic rings. The fraction of sp³-hybridized carbons (Fsp3) is 0.474. The van der Waals surface area contributed by atoms with Gasteiger partial charge in [0.25, 0.3) is 5.91 Å². The lowest BCUT2D eigenvalue weighted by Crippen LogP contribution is -2.55. The summed E-state index contributed by atoms with van der Waals surface area (Å²) in [6.45, 7) is 6.54. The summed E-state index contributed by atoms with van der Waals surface area (Å²) in [5, 5.41) is 0. The largest absolute Gasteiger partial charge is 0.372 e. The topological polar surface area (TPSA) is 50.6 Å². The van der Waals surface area contributed by atoms with E-state index in [-0.39, 0.29) is 11.9 Å². The molecule has 0 radical (unpaired) electrons. The summed E-state index contributed by atoms with van der Waals surface area (Å²) in [4.78, 5) is 21.9. The van der Waals surface area contributed by atoms with Crippen molar-refractivity contribution in [3.8, 4) is 0 Å². The first-order valence-electron chi connectivity index (χ1n) is 9.01. The molecule has 25 heavy (non-hydrogen) atoms. The third kappa shape index (κ3) is 3.14. The molecule has 1 aromatic carbocycles. The number of hydrogen-bond acceptors (Lipinski definition) is 4. The van der Waals surface area contributed by atoms with Gasteiger partial charge in [-0.25, -0.2) is 4.98 Å². The SMILES string of the molecule is CCC1CN(c2ccccc2)CCN1C(=O)c1cn2c(n1)COCC2. The van der Waals surface area contributed by atoms with Crippen LogP contribution >= 0.6 is 0 Å². The number of carbonyl (C=O) groups is 1. The van der Waals surface area contributed by atoms with Gasteiger partial charge in [0.15, 0.2) is 0 Å². The molecule has 4 rings (SSSR count). The highest BCUT2D eigenvalue weighted by atomic mass is 16.5. The molecule has 2 aliphatic heterocycles. The third-order valence-corrected chi connectivity index (χ3v) is 5.12. The molecule has 0 bridgehead atoms. The lowest BCUT2D eigenvalue weighted by atomic mass is 10.1. The molecular weight excluding hydrogens is 316 g/mol. The quantitative estimate of drug-likeness (QED) is 0.859. The molecule has 1 fully saturated rings.